The highest BCUT2D eigenvalue weighted by Crippen LogP contribution is 2.23. The second kappa shape index (κ2) is 47.8. The van der Waals surface area contributed by atoms with Gasteiger partial charge >= 0.3 is 29.8 Å². The summed E-state index contributed by atoms with van der Waals surface area (Å²) >= 11 is 0. The van der Waals surface area contributed by atoms with E-state index in [1.165, 1.54) is 6.20 Å². The molecule has 1 fully saturated rings. The quantitative estimate of drug-likeness (QED) is 0.0152. The van der Waals surface area contributed by atoms with Crippen LogP contribution in [0.2, 0.25) is 0 Å². The molecule has 13 atom stereocenters. The number of benzene rings is 2. The molecular weight excluding hydrogens is 1560 g/mol. The Morgan fingerprint density at radius 1 is 0.487 bits per heavy atom. The standard InChI is InChI=1S/C76H106N18O25/c1-37(2)17-10-8-6-7-9-11-23-57(97)86-48(26-41-33-80-45-20-14-12-18-43(41)45)70(112)89-50(29-56(79)96)71(113)91-53(32-63(106)107)73(115)94-65-40(5)119-76(118)54(27-42-34-81-46-21-15-13-19-44(42)46)92-75(117)64(38(3)25-60(100)101)93-72(114)49(28-55(78)95)87-59(99)35-82-67(109)51(30-61(102)103)88-66(108)39(4)84-69(111)52(31-62(104)105)90-68(110)47(22-16-24-77)85-58(98)36-83-74(65)116/h12-15,18-21,33-34,37-40,47-54,64-65,80-81H,6-11,16-17,22-32,35-36,77H2,1-5H3,(H2,78,95)(H2,79,96)(H,82,109)(H,83,116)(H,84,111)(H,85,98)(H,86,97)(H,87,99)(H,88,108)(H,89,112)(H,90,110)(H,91,113)(H,92,117)(H,93,114)(H,94,115)(H,100,101)(H,102,103)(H,104,105)(H,106,107). The lowest BCUT2D eigenvalue weighted by Crippen LogP contribution is -2.62. The highest BCUT2D eigenvalue weighted by Gasteiger charge is 2.41. The number of nitrogens with one attached hydrogen (secondary N) is 15. The summed E-state index contributed by atoms with van der Waals surface area (Å²) < 4.78 is 5.86. The van der Waals surface area contributed by atoms with E-state index < -0.39 is 255 Å². The number of H-pyrrole nitrogens is 2. The largest absolute Gasteiger partial charge is 0.481 e. The summed E-state index contributed by atoms with van der Waals surface area (Å²) in [6, 6.07) is -8.71. The first-order valence-electron chi connectivity index (χ1n) is 38.5. The number of cyclic esters (lactones) is 1. The number of primary amides is 2. The minimum Gasteiger partial charge on any atom is -0.481 e. The van der Waals surface area contributed by atoms with E-state index in [0.29, 0.717) is 46.1 Å². The van der Waals surface area contributed by atoms with Crippen LogP contribution in [0.15, 0.2) is 60.9 Å². The number of hydrogen-bond acceptors (Lipinski definition) is 22. The van der Waals surface area contributed by atoms with Crippen LogP contribution in [-0.2, 0) is 113 Å². The molecule has 43 heteroatoms. The number of esters is 1. The van der Waals surface area contributed by atoms with Gasteiger partial charge in [-0.3, -0.25) is 91.1 Å². The maximum absolute atomic E-state index is 15.1. The molecular formula is C76H106N18O25. The summed E-state index contributed by atoms with van der Waals surface area (Å²) in [4.78, 5) is 280. The van der Waals surface area contributed by atoms with E-state index in [4.69, 9.17) is 21.9 Å². The Morgan fingerprint density at radius 3 is 1.55 bits per heavy atom. The van der Waals surface area contributed by atoms with Gasteiger partial charge in [0.1, 0.15) is 72.6 Å². The molecule has 1 saturated heterocycles. The van der Waals surface area contributed by atoms with Gasteiger partial charge in [-0.05, 0) is 74.8 Å². The third kappa shape index (κ3) is 32.8. The normalized spacial score (nSPS) is 21.0. The van der Waals surface area contributed by atoms with Crippen LogP contribution in [-0.4, -0.2) is 241 Å². The van der Waals surface area contributed by atoms with Gasteiger partial charge in [0.25, 0.3) is 0 Å². The fourth-order valence-electron chi connectivity index (χ4n) is 12.7. The highest BCUT2D eigenvalue weighted by molar-refractivity contribution is 6.02. The number of para-hydroxylation sites is 2. The van der Waals surface area contributed by atoms with E-state index in [-0.39, 0.29) is 37.8 Å². The van der Waals surface area contributed by atoms with Gasteiger partial charge in [0.2, 0.25) is 88.6 Å². The van der Waals surface area contributed by atoms with Gasteiger partial charge in [0.15, 0.2) is 0 Å². The van der Waals surface area contributed by atoms with Gasteiger partial charge in [0.05, 0.1) is 51.6 Å². The molecule has 15 amide bonds. The number of aliphatic carboxylic acids is 4. The first-order valence-corrected chi connectivity index (χ1v) is 38.5. The zero-order valence-corrected chi connectivity index (χ0v) is 66.3. The molecule has 0 spiro atoms. The zero-order valence-electron chi connectivity index (χ0n) is 66.3. The summed E-state index contributed by atoms with van der Waals surface area (Å²) in [7, 11) is 0. The highest BCUT2D eigenvalue weighted by atomic mass is 16.5. The summed E-state index contributed by atoms with van der Waals surface area (Å²) in [5, 5.41) is 69.8. The van der Waals surface area contributed by atoms with Crippen LogP contribution in [0.25, 0.3) is 21.8 Å². The zero-order chi connectivity index (χ0) is 88.3. The molecule has 13 unspecified atom stereocenters. The van der Waals surface area contributed by atoms with Crippen LogP contribution in [0, 0.1) is 11.8 Å². The lowest BCUT2D eigenvalue weighted by molar-refractivity contribution is -0.156. The Kier molecular flexibility index (Phi) is 38.7. The van der Waals surface area contributed by atoms with Crippen molar-refractivity contribution >= 4 is 140 Å². The summed E-state index contributed by atoms with van der Waals surface area (Å²) in [6.45, 7) is 4.83. The molecule has 119 heavy (non-hydrogen) atoms. The number of carbonyl (C=O) groups is 20. The maximum atomic E-state index is 15.1. The van der Waals surface area contributed by atoms with Gasteiger partial charge in [-0.25, -0.2) is 4.79 Å². The van der Waals surface area contributed by atoms with Crippen LogP contribution >= 0.6 is 0 Å². The van der Waals surface area contributed by atoms with Crippen LogP contribution in [0.5, 0.6) is 0 Å². The van der Waals surface area contributed by atoms with Gasteiger partial charge in [-0.15, -0.1) is 0 Å². The summed E-state index contributed by atoms with van der Waals surface area (Å²) in [5.74, 6) is -28.7. The van der Waals surface area contributed by atoms with Crippen molar-refractivity contribution in [2.24, 2.45) is 29.0 Å². The number of carboxylic acids is 4. The van der Waals surface area contributed by atoms with Crippen LogP contribution in [0.1, 0.15) is 148 Å². The van der Waals surface area contributed by atoms with Crippen molar-refractivity contribution in [3.8, 4) is 0 Å². The number of aromatic nitrogens is 2. The van der Waals surface area contributed by atoms with E-state index in [2.05, 4.69) is 82.3 Å². The Hall–Kier alpha value is -13.1. The second-order valence-electron chi connectivity index (χ2n) is 29.3. The van der Waals surface area contributed by atoms with Crippen molar-refractivity contribution in [3.05, 3.63) is 72.1 Å². The predicted molar refractivity (Wildman–Crippen MR) is 418 cm³/mol. The van der Waals surface area contributed by atoms with Gasteiger partial charge in [-0.1, -0.05) is 95.7 Å². The number of carbonyl (C=O) groups excluding carboxylic acids is 16. The van der Waals surface area contributed by atoms with Crippen molar-refractivity contribution in [3.63, 3.8) is 0 Å². The van der Waals surface area contributed by atoms with Gasteiger partial charge in [0, 0.05) is 53.5 Å². The number of hydrogen-bond donors (Lipinski definition) is 22. The lowest BCUT2D eigenvalue weighted by Gasteiger charge is -2.30. The SMILES string of the molecule is CC(C)CCCCCCCCC(=O)NC(Cc1c[nH]c2ccccc12)C(=O)NC(CC(N)=O)C(=O)NC(CC(=O)O)C(=O)NC1C(=O)NCC(=O)NC(CCCN)C(=O)NC(CC(=O)O)C(=O)NC(C)C(=O)NC(CC(=O)O)C(=O)NCC(=O)NC(CC(N)=O)C(=O)NC(C(C)CC(=O)O)C(=O)NC(Cc2c[nH]c3ccccc23)C(=O)OC1C. The molecule has 5 rings (SSSR count). The Morgan fingerprint density at radius 2 is 0.983 bits per heavy atom. The molecule has 4 aromatic rings. The minimum atomic E-state index is -2.38. The molecule has 0 saturated carbocycles. The van der Waals surface area contributed by atoms with Crippen molar-refractivity contribution in [1.29, 1.82) is 0 Å². The average molecular weight is 1670 g/mol. The third-order valence-electron chi connectivity index (χ3n) is 19.0. The van der Waals surface area contributed by atoms with Crippen molar-refractivity contribution in [2.75, 3.05) is 19.6 Å². The van der Waals surface area contributed by atoms with Crippen LogP contribution in [0.4, 0.5) is 0 Å². The van der Waals surface area contributed by atoms with Crippen molar-refractivity contribution in [2.45, 2.75) is 223 Å². The minimum absolute atomic E-state index is 0.00987. The van der Waals surface area contributed by atoms with E-state index in [0.717, 1.165) is 52.9 Å². The predicted octanol–water partition coefficient (Wildman–Crippen LogP) is -4.23. The van der Waals surface area contributed by atoms with Crippen LogP contribution in [0.3, 0.4) is 0 Å². The van der Waals surface area contributed by atoms with Gasteiger partial charge in [-0.2, -0.15) is 0 Å². The molecule has 1 aliphatic heterocycles. The molecule has 43 nitrogen and oxygen atoms in total. The number of ether oxygens (including phenoxy) is 1. The van der Waals surface area contributed by atoms with Crippen molar-refractivity contribution in [1.82, 2.24) is 79.1 Å². The molecule has 3 heterocycles. The number of unbranched alkanes of at least 4 members (excludes halogenated alkanes) is 5. The van der Waals surface area contributed by atoms with Crippen molar-refractivity contribution < 1.29 is 121 Å². The molecule has 0 bridgehead atoms. The summed E-state index contributed by atoms with van der Waals surface area (Å²) in [5.41, 5.74) is 18.7. The van der Waals surface area contributed by atoms with E-state index >= 15 is 4.79 Å². The average Bonchev–Trinajstić information content (AvgIpc) is 1.73. The van der Waals surface area contributed by atoms with E-state index in [9.17, 15) is 112 Å². The smallest absolute Gasteiger partial charge is 0.329 e. The van der Waals surface area contributed by atoms with Crippen LogP contribution < -0.4 is 86.3 Å². The fourth-order valence-corrected chi connectivity index (χ4v) is 12.7. The molecule has 1 aliphatic rings. The van der Waals surface area contributed by atoms with Gasteiger partial charge < -0.3 is 121 Å². The third-order valence-corrected chi connectivity index (χ3v) is 19.0. The monoisotopic (exact) mass is 1670 g/mol. The molecule has 2 aromatic heterocycles. The Bertz CT molecular complexity index is 4350. The Balaban J connectivity index is 1.60. The Labute approximate surface area is 681 Å². The van der Waals surface area contributed by atoms with E-state index in [1.54, 1.807) is 54.7 Å². The topological polar surface area (TPSA) is 698 Å². The molecule has 25 N–H and O–H groups in total. The molecule has 0 radical (unpaired) electrons. The number of amides is 15. The maximum Gasteiger partial charge on any atom is 0.329 e. The lowest BCUT2D eigenvalue weighted by atomic mass is 9.95. The van der Waals surface area contributed by atoms with E-state index in [1.807, 2.05) is 10.6 Å². The first kappa shape index (κ1) is 96.5. The number of aromatic amines is 2. The summed E-state index contributed by atoms with van der Waals surface area (Å²) in [6.07, 6.45) is -1.06. The second-order valence-corrected chi connectivity index (χ2v) is 29.3. The number of nitrogens with two attached hydrogens (primary N) is 3. The molecule has 2 aromatic carbocycles. The molecule has 0 aliphatic carbocycles. The number of fused-ring (bicyclic) bond motifs is 2. The number of rotatable bonds is 36. The fraction of sp³-hybridized carbons (Fsp3) is 0.526. The molecule has 650 valence electrons. The first-order chi connectivity index (χ1) is 56.2. The number of carboxylic acid groups (broad SMARTS) is 4.